The number of benzene rings is 3. The molecule has 46 heavy (non-hydrogen) atoms. The second kappa shape index (κ2) is 13.8. The Morgan fingerprint density at radius 3 is 2.13 bits per heavy atom. The van der Waals surface area contributed by atoms with Gasteiger partial charge in [0.25, 0.3) is 17.5 Å². The molecule has 236 valence electrons. The first-order valence-electron chi connectivity index (χ1n) is 14.3. The van der Waals surface area contributed by atoms with Gasteiger partial charge in [-0.25, -0.2) is 4.79 Å². The Balaban J connectivity index is 1.32. The lowest BCUT2D eigenvalue weighted by Crippen LogP contribution is -2.81. The van der Waals surface area contributed by atoms with Gasteiger partial charge in [0.1, 0.15) is 16.1 Å². The Hall–Kier alpha value is -4.01. The van der Waals surface area contributed by atoms with Crippen LogP contribution in [0, 0.1) is 6.92 Å². The number of amides is 2. The summed E-state index contributed by atoms with van der Waals surface area (Å²) in [6.45, 7) is 1.87. The number of methoxy groups -OCH3 is 1. The minimum Gasteiger partial charge on any atom is -0.448 e. The molecular formula is C33H30N4O6S3. The summed E-state index contributed by atoms with van der Waals surface area (Å²) in [5.41, 5.74) is 0.897. The van der Waals surface area contributed by atoms with Gasteiger partial charge in [-0.3, -0.25) is 14.5 Å². The second-order valence-electron chi connectivity index (χ2n) is 10.5. The summed E-state index contributed by atoms with van der Waals surface area (Å²) in [6, 6.07) is 27.2. The highest BCUT2D eigenvalue weighted by Crippen LogP contribution is 2.48. The van der Waals surface area contributed by atoms with Gasteiger partial charge < -0.3 is 19.9 Å². The summed E-state index contributed by atoms with van der Waals surface area (Å²) < 4.78 is 12.6. The SMILES string of the molecule is COC1(NC(=O)C(O)c2ccccc2)C(=O)N2C(C(=O)OC(c3ccccc3)c3ccccc3)=C(CSc3nnc(C)s3)CS[C@@H]21. The van der Waals surface area contributed by atoms with E-state index in [2.05, 4.69) is 15.5 Å². The number of nitrogens with one attached hydrogen (secondary N) is 1. The third-order valence-electron chi connectivity index (χ3n) is 7.60. The maximum atomic E-state index is 14.2. The fraction of sp³-hybridized carbons (Fsp3) is 0.242. The van der Waals surface area contributed by atoms with Crippen molar-refractivity contribution >= 4 is 52.6 Å². The molecule has 3 aromatic carbocycles. The zero-order valence-corrected chi connectivity index (χ0v) is 27.3. The molecule has 2 aliphatic rings. The number of fused-ring (bicyclic) bond motifs is 1. The Morgan fingerprint density at radius 2 is 1.59 bits per heavy atom. The summed E-state index contributed by atoms with van der Waals surface area (Å²) in [4.78, 5) is 42.8. The van der Waals surface area contributed by atoms with Gasteiger partial charge in [-0.05, 0) is 29.2 Å². The van der Waals surface area contributed by atoms with Crippen LogP contribution in [0.25, 0.3) is 0 Å². The average Bonchev–Trinajstić information content (AvgIpc) is 3.53. The smallest absolute Gasteiger partial charge is 0.356 e. The normalized spacial score (nSPS) is 19.8. The van der Waals surface area contributed by atoms with E-state index in [0.717, 1.165) is 20.5 Å². The molecule has 0 bridgehead atoms. The first-order chi connectivity index (χ1) is 22.3. The summed E-state index contributed by atoms with van der Waals surface area (Å²) in [5.74, 6) is -1.40. The Labute approximate surface area is 278 Å². The first kappa shape index (κ1) is 32.0. The van der Waals surface area contributed by atoms with Crippen molar-refractivity contribution in [3.8, 4) is 0 Å². The zero-order valence-electron chi connectivity index (χ0n) is 24.9. The van der Waals surface area contributed by atoms with E-state index in [9.17, 15) is 19.5 Å². The van der Waals surface area contributed by atoms with Crippen LogP contribution in [0.3, 0.4) is 0 Å². The lowest BCUT2D eigenvalue weighted by molar-refractivity contribution is -0.194. The molecule has 0 spiro atoms. The number of aliphatic hydroxyl groups excluding tert-OH is 1. The van der Waals surface area contributed by atoms with Crippen molar-refractivity contribution in [1.82, 2.24) is 20.4 Å². The highest BCUT2D eigenvalue weighted by atomic mass is 32.2. The number of carbonyl (C=O) groups is 3. The van der Waals surface area contributed by atoms with Crippen molar-refractivity contribution in [2.45, 2.75) is 34.6 Å². The maximum absolute atomic E-state index is 14.2. The van der Waals surface area contributed by atoms with Crippen LogP contribution in [-0.2, 0) is 23.9 Å². The summed E-state index contributed by atoms with van der Waals surface area (Å²) in [6.07, 6.45) is -2.26. The maximum Gasteiger partial charge on any atom is 0.356 e. The summed E-state index contributed by atoms with van der Waals surface area (Å²) >= 11 is 4.21. The monoisotopic (exact) mass is 674 g/mol. The van der Waals surface area contributed by atoms with E-state index in [-0.39, 0.29) is 5.70 Å². The zero-order chi connectivity index (χ0) is 32.3. The average molecular weight is 675 g/mol. The van der Waals surface area contributed by atoms with E-state index in [4.69, 9.17) is 9.47 Å². The third kappa shape index (κ3) is 6.20. The fourth-order valence-corrected chi connectivity index (χ4v) is 8.71. The molecule has 6 rings (SSSR count). The van der Waals surface area contributed by atoms with E-state index in [1.807, 2.05) is 67.6 Å². The van der Waals surface area contributed by atoms with Crippen LogP contribution < -0.4 is 5.32 Å². The molecule has 2 unspecified atom stereocenters. The Kier molecular flexibility index (Phi) is 9.57. The van der Waals surface area contributed by atoms with Gasteiger partial charge in [0.2, 0.25) is 0 Å². The number of hydrogen-bond acceptors (Lipinski definition) is 11. The predicted octanol–water partition coefficient (Wildman–Crippen LogP) is 4.63. The number of ether oxygens (including phenoxy) is 2. The lowest BCUT2D eigenvalue weighted by Gasteiger charge is -2.56. The molecular weight excluding hydrogens is 645 g/mol. The van der Waals surface area contributed by atoms with Gasteiger partial charge in [-0.15, -0.1) is 22.0 Å². The molecule has 1 fully saturated rings. The van der Waals surface area contributed by atoms with Crippen molar-refractivity contribution < 1.29 is 29.0 Å². The van der Waals surface area contributed by atoms with Crippen molar-refractivity contribution in [2.75, 3.05) is 18.6 Å². The number of nitrogens with zero attached hydrogens (tertiary/aromatic N) is 3. The number of carbonyl (C=O) groups excluding carboxylic acids is 3. The third-order valence-corrected chi connectivity index (χ3v) is 11.0. The number of aliphatic hydroxyl groups is 1. The van der Waals surface area contributed by atoms with Crippen LogP contribution in [0.1, 0.15) is 33.9 Å². The fourth-order valence-electron chi connectivity index (χ4n) is 5.31. The standard InChI is InChI=1S/C33H30N4O6S3/c1-20-35-36-32(46-20)45-19-24-18-44-31-33(42-2,34-28(39)26(38)21-12-6-3-7-13-21)30(41)37(31)25(24)29(40)43-27(22-14-8-4-9-15-22)23-16-10-5-11-17-23/h3-17,26-27,31,38H,18-19H2,1-2H3,(H,34,39)/t26?,31-,33?/m1/s1. The number of β-lactam (4-membered cyclic amide) rings is 1. The number of aromatic nitrogens is 2. The number of hydrogen-bond donors (Lipinski definition) is 2. The van der Waals surface area contributed by atoms with Crippen molar-refractivity contribution in [3.05, 3.63) is 124 Å². The Bertz CT molecular complexity index is 1720. The van der Waals surface area contributed by atoms with E-state index in [1.54, 1.807) is 30.3 Å². The molecule has 0 radical (unpaired) electrons. The predicted molar refractivity (Wildman–Crippen MR) is 176 cm³/mol. The second-order valence-corrected chi connectivity index (χ2v) is 14.0. The van der Waals surface area contributed by atoms with Gasteiger partial charge in [-0.1, -0.05) is 114 Å². The van der Waals surface area contributed by atoms with Crippen LogP contribution in [0.15, 0.2) is 107 Å². The molecule has 13 heteroatoms. The molecule has 2 N–H and O–H groups in total. The largest absolute Gasteiger partial charge is 0.448 e. The van der Waals surface area contributed by atoms with Gasteiger partial charge in [0, 0.05) is 18.6 Å². The van der Waals surface area contributed by atoms with Crippen LogP contribution in [0.4, 0.5) is 0 Å². The number of esters is 1. The highest BCUT2D eigenvalue weighted by Gasteiger charge is 2.67. The molecule has 0 saturated carbocycles. The number of thioether (sulfide) groups is 2. The summed E-state index contributed by atoms with van der Waals surface area (Å²) in [5, 5.41) is 21.7. The highest BCUT2D eigenvalue weighted by molar-refractivity contribution is 8.01. The number of aryl methyl sites for hydroxylation is 1. The van der Waals surface area contributed by atoms with E-state index in [0.29, 0.717) is 22.6 Å². The van der Waals surface area contributed by atoms with Crippen LogP contribution in [-0.4, -0.2) is 67.7 Å². The van der Waals surface area contributed by atoms with Crippen LogP contribution in [0.2, 0.25) is 0 Å². The molecule has 2 amide bonds. The van der Waals surface area contributed by atoms with Crippen molar-refractivity contribution in [2.24, 2.45) is 0 Å². The molecule has 3 heterocycles. The molecule has 10 nitrogen and oxygen atoms in total. The van der Waals surface area contributed by atoms with Crippen molar-refractivity contribution in [3.63, 3.8) is 0 Å². The molecule has 1 saturated heterocycles. The minimum absolute atomic E-state index is 0.102. The van der Waals surface area contributed by atoms with Gasteiger partial charge >= 0.3 is 5.97 Å². The topological polar surface area (TPSA) is 131 Å². The molecule has 4 aromatic rings. The molecule has 1 aromatic heterocycles. The summed E-state index contributed by atoms with van der Waals surface area (Å²) in [7, 11) is 1.32. The lowest BCUT2D eigenvalue weighted by atomic mass is 9.97. The quantitative estimate of drug-likeness (QED) is 0.101. The van der Waals surface area contributed by atoms with Crippen molar-refractivity contribution in [1.29, 1.82) is 0 Å². The van der Waals surface area contributed by atoms with Crippen LogP contribution in [0.5, 0.6) is 0 Å². The molecule has 2 aliphatic heterocycles. The minimum atomic E-state index is -1.80. The van der Waals surface area contributed by atoms with Crippen LogP contribution >= 0.6 is 34.9 Å². The van der Waals surface area contributed by atoms with Gasteiger partial charge in [-0.2, -0.15) is 0 Å². The number of rotatable bonds is 11. The molecule has 0 aliphatic carbocycles. The van der Waals surface area contributed by atoms with E-state index < -0.39 is 41.1 Å². The molecule has 3 atom stereocenters. The first-order valence-corrected chi connectivity index (χ1v) is 17.2. The van der Waals surface area contributed by atoms with E-state index in [1.165, 1.54) is 46.9 Å². The van der Waals surface area contributed by atoms with Gasteiger partial charge in [0.05, 0.1) is 0 Å². The van der Waals surface area contributed by atoms with E-state index >= 15 is 0 Å². The van der Waals surface area contributed by atoms with Gasteiger partial charge in [0.15, 0.2) is 16.5 Å². The Morgan fingerprint density at radius 1 is 1.00 bits per heavy atom.